The maximum absolute atomic E-state index is 3.34. The van der Waals surface area contributed by atoms with Crippen molar-refractivity contribution in [1.29, 1.82) is 0 Å². The second-order valence-corrected chi connectivity index (χ2v) is 15.0. The number of rotatable bonds is 3. The van der Waals surface area contributed by atoms with Crippen LogP contribution in [0.3, 0.4) is 0 Å². The fraction of sp³-hybridized carbons (Fsp3) is 0.0588. The van der Waals surface area contributed by atoms with Crippen LogP contribution in [0, 0.1) is 0 Å². The third kappa shape index (κ3) is 4.23. The van der Waals surface area contributed by atoms with Crippen LogP contribution in [0.1, 0.15) is 25.0 Å². The highest BCUT2D eigenvalue weighted by Gasteiger charge is 2.37. The molecule has 0 radical (unpaired) electrons. The quantitative estimate of drug-likeness (QED) is 0.181. The maximum Gasteiger partial charge on any atom is 0.0454 e. The van der Waals surface area contributed by atoms with Gasteiger partial charge in [-0.2, -0.15) is 0 Å². The lowest BCUT2D eigenvalue weighted by atomic mass is 9.79. The van der Waals surface area contributed by atoms with Gasteiger partial charge in [-0.25, -0.2) is 0 Å². The van der Waals surface area contributed by atoms with Crippen molar-refractivity contribution in [3.8, 4) is 44.5 Å². The molecule has 0 bridgehead atoms. The van der Waals surface area contributed by atoms with Crippen LogP contribution in [0.15, 0.2) is 170 Å². The summed E-state index contributed by atoms with van der Waals surface area (Å²) >= 11 is 0. The van der Waals surface area contributed by atoms with E-state index in [1.54, 1.807) is 0 Å². The van der Waals surface area contributed by atoms with Gasteiger partial charge < -0.3 is 4.98 Å². The highest BCUT2D eigenvalue weighted by atomic mass is 14.7. The zero-order valence-corrected chi connectivity index (χ0v) is 29.2. The summed E-state index contributed by atoms with van der Waals surface area (Å²) in [7, 11) is 0. The van der Waals surface area contributed by atoms with Gasteiger partial charge in [0.25, 0.3) is 0 Å². The summed E-state index contributed by atoms with van der Waals surface area (Å²) in [4.78, 5) is 3.34. The fourth-order valence-corrected chi connectivity index (χ4v) is 9.13. The van der Waals surface area contributed by atoms with E-state index in [1.807, 2.05) is 6.20 Å². The molecular formula is C51H35N. The normalized spacial score (nSPS) is 13.3. The second kappa shape index (κ2) is 10.8. The third-order valence-electron chi connectivity index (χ3n) is 11.8. The van der Waals surface area contributed by atoms with Gasteiger partial charge in [0.1, 0.15) is 0 Å². The van der Waals surface area contributed by atoms with Crippen molar-refractivity contribution in [2.24, 2.45) is 0 Å². The Labute approximate surface area is 302 Å². The number of aromatic nitrogens is 1. The van der Waals surface area contributed by atoms with Gasteiger partial charge in [-0.05, 0) is 153 Å². The first-order chi connectivity index (χ1) is 25.5. The molecular weight excluding hydrogens is 627 g/mol. The molecule has 244 valence electrons. The van der Waals surface area contributed by atoms with Crippen LogP contribution < -0.4 is 0 Å². The van der Waals surface area contributed by atoms with Crippen molar-refractivity contribution in [3.05, 3.63) is 181 Å². The summed E-state index contributed by atoms with van der Waals surface area (Å²) in [6.45, 7) is 4.81. The number of fused-ring (bicyclic) bond motifs is 8. The Hall–Kier alpha value is -6.44. The third-order valence-corrected chi connectivity index (χ3v) is 11.8. The molecule has 0 spiro atoms. The molecule has 0 saturated heterocycles. The van der Waals surface area contributed by atoms with Gasteiger partial charge in [0.15, 0.2) is 0 Å². The average molecular weight is 662 g/mol. The predicted octanol–water partition coefficient (Wildman–Crippen LogP) is 14.1. The molecule has 0 amide bonds. The molecule has 0 saturated carbocycles. The Morgan fingerprint density at radius 1 is 0.365 bits per heavy atom. The molecule has 0 unspecified atom stereocenters. The van der Waals surface area contributed by atoms with E-state index in [9.17, 15) is 0 Å². The molecule has 1 nitrogen and oxygen atoms in total. The minimum atomic E-state index is -0.178. The van der Waals surface area contributed by atoms with E-state index in [0.717, 1.165) is 0 Å². The highest BCUT2D eigenvalue weighted by Crippen LogP contribution is 2.54. The first-order valence-corrected chi connectivity index (χ1v) is 18.2. The van der Waals surface area contributed by atoms with E-state index in [2.05, 4.69) is 183 Å². The number of hydrogen-bond acceptors (Lipinski definition) is 0. The smallest absolute Gasteiger partial charge is 0.0454 e. The Balaban J connectivity index is 1.22. The SMILES string of the molecule is CC1(C)c2cc(-c3ccc4[nH]ccc4c3)ccc2-c2cc3c(-c4ccc5ccccc5c4)c4ccccc4c(-c4ccc5ccccc5c4)c3cc21. The molecule has 1 aliphatic rings. The summed E-state index contributed by atoms with van der Waals surface area (Å²) in [6.07, 6.45) is 2.02. The molecule has 11 rings (SSSR count). The van der Waals surface area contributed by atoms with Crippen LogP contribution >= 0.6 is 0 Å². The zero-order chi connectivity index (χ0) is 34.6. The van der Waals surface area contributed by atoms with Crippen LogP contribution in [0.25, 0.3) is 98.5 Å². The molecule has 0 atom stereocenters. The monoisotopic (exact) mass is 661 g/mol. The number of benzene rings is 9. The highest BCUT2D eigenvalue weighted by molar-refractivity contribution is 6.23. The Bertz CT molecular complexity index is 3100. The number of aromatic amines is 1. The van der Waals surface area contributed by atoms with Gasteiger partial charge in [-0.1, -0.05) is 129 Å². The fourth-order valence-electron chi connectivity index (χ4n) is 9.13. The van der Waals surface area contributed by atoms with Gasteiger partial charge in [0, 0.05) is 17.1 Å². The predicted molar refractivity (Wildman–Crippen MR) is 222 cm³/mol. The van der Waals surface area contributed by atoms with Crippen LogP contribution in [-0.4, -0.2) is 4.98 Å². The Morgan fingerprint density at radius 3 is 1.56 bits per heavy atom. The van der Waals surface area contributed by atoms with Crippen LogP contribution in [0.4, 0.5) is 0 Å². The lowest BCUT2D eigenvalue weighted by Crippen LogP contribution is -2.15. The van der Waals surface area contributed by atoms with Gasteiger partial charge in [-0.3, -0.25) is 0 Å². The molecule has 0 aliphatic heterocycles. The van der Waals surface area contributed by atoms with E-state index in [4.69, 9.17) is 0 Å². The van der Waals surface area contributed by atoms with E-state index < -0.39 is 0 Å². The molecule has 10 aromatic rings. The van der Waals surface area contributed by atoms with Crippen molar-refractivity contribution >= 4 is 54.0 Å². The molecule has 1 aromatic heterocycles. The molecule has 0 fully saturated rings. The van der Waals surface area contributed by atoms with Gasteiger partial charge in [0.05, 0.1) is 0 Å². The summed E-state index contributed by atoms with van der Waals surface area (Å²) in [5, 5.41) is 11.4. The average Bonchev–Trinajstić information content (AvgIpc) is 3.75. The van der Waals surface area contributed by atoms with Gasteiger partial charge >= 0.3 is 0 Å². The van der Waals surface area contributed by atoms with Crippen molar-refractivity contribution < 1.29 is 0 Å². The molecule has 1 aliphatic carbocycles. The Kier molecular flexibility index (Phi) is 6.08. The van der Waals surface area contributed by atoms with E-state index >= 15 is 0 Å². The topological polar surface area (TPSA) is 15.8 Å². The summed E-state index contributed by atoms with van der Waals surface area (Å²) in [6, 6.07) is 61.5. The molecule has 1 heterocycles. The minimum absolute atomic E-state index is 0.178. The second-order valence-electron chi connectivity index (χ2n) is 15.0. The molecule has 9 aromatic carbocycles. The van der Waals surface area contributed by atoms with E-state index in [1.165, 1.54) is 110 Å². The van der Waals surface area contributed by atoms with Crippen LogP contribution in [0.2, 0.25) is 0 Å². The summed E-state index contributed by atoms with van der Waals surface area (Å²) in [5.41, 5.74) is 14.0. The number of hydrogen-bond donors (Lipinski definition) is 1. The Morgan fingerprint density at radius 2 is 0.885 bits per heavy atom. The van der Waals surface area contributed by atoms with Crippen molar-refractivity contribution in [1.82, 2.24) is 4.98 Å². The van der Waals surface area contributed by atoms with Crippen molar-refractivity contribution in [2.45, 2.75) is 19.3 Å². The molecule has 1 N–H and O–H groups in total. The zero-order valence-electron chi connectivity index (χ0n) is 29.2. The first-order valence-electron chi connectivity index (χ1n) is 18.2. The number of nitrogens with one attached hydrogen (secondary N) is 1. The minimum Gasteiger partial charge on any atom is -0.361 e. The summed E-state index contributed by atoms with van der Waals surface area (Å²) < 4.78 is 0. The van der Waals surface area contributed by atoms with Crippen LogP contribution in [0.5, 0.6) is 0 Å². The standard InChI is InChI=1S/C51H35N/c1-51(2)46-28-36(35-20-22-48-37(25-35)23-24-52-48)19-21-40(46)43-29-44-45(30-47(43)51)50(39-18-16-32-10-4-6-12-34(32)27-39)42-14-8-7-13-41(42)49(44)38-17-15-31-9-3-5-11-33(31)26-38/h3-30,52H,1-2H3. The van der Waals surface area contributed by atoms with Crippen LogP contribution in [-0.2, 0) is 5.41 Å². The van der Waals surface area contributed by atoms with E-state index in [-0.39, 0.29) is 5.41 Å². The lowest BCUT2D eigenvalue weighted by molar-refractivity contribution is 0.661. The largest absolute Gasteiger partial charge is 0.361 e. The van der Waals surface area contributed by atoms with Gasteiger partial charge in [0.2, 0.25) is 0 Å². The van der Waals surface area contributed by atoms with E-state index in [0.29, 0.717) is 0 Å². The van der Waals surface area contributed by atoms with Crippen molar-refractivity contribution in [2.75, 3.05) is 0 Å². The molecule has 1 heteroatoms. The molecule has 52 heavy (non-hydrogen) atoms. The van der Waals surface area contributed by atoms with Gasteiger partial charge in [-0.15, -0.1) is 0 Å². The lowest BCUT2D eigenvalue weighted by Gasteiger charge is -2.24. The number of H-pyrrole nitrogens is 1. The van der Waals surface area contributed by atoms with Crippen molar-refractivity contribution in [3.63, 3.8) is 0 Å². The summed E-state index contributed by atoms with van der Waals surface area (Å²) in [5.74, 6) is 0. The maximum atomic E-state index is 3.34. The first kappa shape index (κ1) is 29.3.